The van der Waals surface area contributed by atoms with Crippen molar-refractivity contribution in [2.75, 3.05) is 5.32 Å². The van der Waals surface area contributed by atoms with E-state index in [2.05, 4.69) is 15.6 Å². The number of carbonyl (C=O) groups excluding carboxylic acids is 2. The van der Waals surface area contributed by atoms with Crippen molar-refractivity contribution in [3.63, 3.8) is 0 Å². The Hall–Kier alpha value is -2.99. The van der Waals surface area contributed by atoms with Gasteiger partial charge in [0.15, 0.2) is 5.78 Å². The van der Waals surface area contributed by atoms with Gasteiger partial charge in [0, 0.05) is 45.7 Å². The van der Waals surface area contributed by atoms with Crippen LogP contribution in [0.15, 0.2) is 59.1 Å². The summed E-state index contributed by atoms with van der Waals surface area (Å²) in [5, 5.41) is 6.20. The van der Waals surface area contributed by atoms with Gasteiger partial charge in [-0.3, -0.25) is 9.59 Å². The van der Waals surface area contributed by atoms with E-state index in [9.17, 15) is 14.0 Å². The Labute approximate surface area is 179 Å². The number of nitrogens with zero attached hydrogens (tertiary/aromatic N) is 1. The lowest BCUT2D eigenvalue weighted by molar-refractivity contribution is -0.116. The number of Topliss-reactive ketones (excluding diaryl/α,β-unsaturated/α-hetero) is 1. The number of nitrogens with one attached hydrogen (secondary N) is 2. The van der Waals surface area contributed by atoms with Gasteiger partial charge in [-0.2, -0.15) is 0 Å². The number of allylic oxidation sites excluding steroid dienone is 3. The van der Waals surface area contributed by atoms with Crippen molar-refractivity contribution in [2.45, 2.75) is 39.0 Å². The quantitative estimate of drug-likeness (QED) is 0.741. The van der Waals surface area contributed by atoms with E-state index in [4.69, 9.17) is 11.6 Å². The third-order valence-corrected chi connectivity index (χ3v) is 5.88. The van der Waals surface area contributed by atoms with Crippen LogP contribution < -0.4 is 10.6 Å². The zero-order chi connectivity index (χ0) is 21.4. The minimum absolute atomic E-state index is 0.0973. The number of hydrogen-bond donors (Lipinski definition) is 2. The first-order valence-corrected chi connectivity index (χ1v) is 10.2. The molecule has 2 aromatic rings. The van der Waals surface area contributed by atoms with Crippen LogP contribution in [0.25, 0.3) is 0 Å². The van der Waals surface area contributed by atoms with Crippen molar-refractivity contribution in [2.24, 2.45) is 0 Å². The average Bonchev–Trinajstić information content (AvgIpc) is 2.69. The zero-order valence-corrected chi connectivity index (χ0v) is 17.4. The molecule has 1 aromatic heterocycles. The van der Waals surface area contributed by atoms with Gasteiger partial charge in [-0.05, 0) is 50.5 Å². The van der Waals surface area contributed by atoms with E-state index in [1.807, 2.05) is 13.0 Å². The fourth-order valence-electron chi connectivity index (χ4n) is 4.15. The van der Waals surface area contributed by atoms with Gasteiger partial charge in [-0.25, -0.2) is 9.37 Å². The van der Waals surface area contributed by atoms with Crippen molar-refractivity contribution in [1.29, 1.82) is 0 Å². The van der Waals surface area contributed by atoms with Gasteiger partial charge in [-0.1, -0.05) is 23.7 Å². The highest BCUT2D eigenvalue weighted by Crippen LogP contribution is 2.45. The number of pyridine rings is 1. The number of carbonyl (C=O) groups is 2. The van der Waals surface area contributed by atoms with E-state index in [1.54, 1.807) is 25.3 Å². The number of halogens is 2. The summed E-state index contributed by atoms with van der Waals surface area (Å²) < 4.78 is 15.0. The molecule has 1 unspecified atom stereocenters. The molecule has 1 aliphatic heterocycles. The zero-order valence-electron chi connectivity index (χ0n) is 16.7. The van der Waals surface area contributed by atoms with Gasteiger partial charge < -0.3 is 10.6 Å². The minimum atomic E-state index is -0.883. The molecule has 0 radical (unpaired) electrons. The first kappa shape index (κ1) is 20.3. The number of amides is 1. The van der Waals surface area contributed by atoms with Crippen LogP contribution in [0.5, 0.6) is 0 Å². The van der Waals surface area contributed by atoms with Crippen LogP contribution in [0, 0.1) is 12.7 Å². The normalized spacial score (nSPS) is 18.8. The molecule has 0 saturated heterocycles. The Morgan fingerprint density at radius 1 is 1.23 bits per heavy atom. The molecule has 7 heteroatoms. The molecule has 0 spiro atoms. The molecule has 30 heavy (non-hydrogen) atoms. The van der Waals surface area contributed by atoms with Crippen molar-refractivity contribution < 1.29 is 14.0 Å². The predicted molar refractivity (Wildman–Crippen MR) is 113 cm³/mol. The van der Waals surface area contributed by atoms with Gasteiger partial charge in [0.2, 0.25) is 0 Å². The summed E-state index contributed by atoms with van der Waals surface area (Å²) in [5.41, 5.74) is 2.92. The van der Waals surface area contributed by atoms with Gasteiger partial charge >= 0.3 is 0 Å². The number of rotatable bonds is 3. The van der Waals surface area contributed by atoms with Gasteiger partial charge in [0.05, 0.1) is 5.92 Å². The van der Waals surface area contributed by atoms with Crippen molar-refractivity contribution >= 4 is 29.1 Å². The maximum absolute atomic E-state index is 15.0. The predicted octanol–water partition coefficient (Wildman–Crippen LogP) is 4.79. The van der Waals surface area contributed by atoms with Crippen LogP contribution in [0.3, 0.4) is 0 Å². The first-order valence-electron chi connectivity index (χ1n) is 9.79. The molecule has 2 aliphatic rings. The third kappa shape index (κ3) is 3.52. The third-order valence-electron chi connectivity index (χ3n) is 5.55. The van der Waals surface area contributed by atoms with Crippen LogP contribution in [-0.2, 0) is 9.59 Å². The van der Waals surface area contributed by atoms with Crippen molar-refractivity contribution in [3.8, 4) is 0 Å². The van der Waals surface area contributed by atoms with Gasteiger partial charge in [0.1, 0.15) is 11.6 Å². The largest absolute Gasteiger partial charge is 0.362 e. The maximum atomic E-state index is 15.0. The summed E-state index contributed by atoms with van der Waals surface area (Å²) >= 11 is 6.38. The Bertz CT molecular complexity index is 1100. The highest BCUT2D eigenvalue weighted by molar-refractivity contribution is 6.31. The number of aryl methyl sites for hydroxylation is 1. The minimum Gasteiger partial charge on any atom is -0.362 e. The van der Waals surface area contributed by atoms with E-state index >= 15 is 0 Å². The molecule has 0 fully saturated rings. The number of anilines is 1. The Kier molecular flexibility index (Phi) is 5.43. The highest BCUT2D eigenvalue weighted by Gasteiger charge is 2.40. The van der Waals surface area contributed by atoms with E-state index in [1.165, 1.54) is 12.1 Å². The molecule has 1 aliphatic carbocycles. The smallest absolute Gasteiger partial charge is 0.255 e. The molecule has 0 saturated carbocycles. The summed E-state index contributed by atoms with van der Waals surface area (Å²) in [6.45, 7) is 3.59. The van der Waals surface area contributed by atoms with E-state index in [0.717, 1.165) is 11.3 Å². The van der Waals surface area contributed by atoms with Crippen LogP contribution in [-0.4, -0.2) is 16.7 Å². The van der Waals surface area contributed by atoms with Gasteiger partial charge in [-0.15, -0.1) is 0 Å². The van der Waals surface area contributed by atoms with E-state index in [0.29, 0.717) is 36.4 Å². The number of benzene rings is 1. The van der Waals surface area contributed by atoms with Crippen molar-refractivity contribution in [1.82, 2.24) is 10.3 Å². The number of aromatic nitrogens is 1. The first-order chi connectivity index (χ1) is 14.4. The molecule has 1 aromatic carbocycles. The molecule has 1 amide bonds. The fraction of sp³-hybridized carbons (Fsp3) is 0.261. The number of hydrogen-bond acceptors (Lipinski definition) is 4. The van der Waals surface area contributed by atoms with Crippen LogP contribution in [0.4, 0.5) is 10.2 Å². The second kappa shape index (κ2) is 8.03. The monoisotopic (exact) mass is 425 g/mol. The topological polar surface area (TPSA) is 71.1 Å². The van der Waals surface area contributed by atoms with E-state index < -0.39 is 17.6 Å². The lowest BCUT2D eigenvalue weighted by atomic mass is 9.75. The molecule has 5 nitrogen and oxygen atoms in total. The maximum Gasteiger partial charge on any atom is 0.255 e. The van der Waals surface area contributed by atoms with E-state index in [-0.39, 0.29) is 21.9 Å². The number of dihydropyridines is 1. The second-order valence-corrected chi connectivity index (χ2v) is 7.93. The molecular formula is C23H21ClFN3O2. The summed E-state index contributed by atoms with van der Waals surface area (Å²) in [4.78, 5) is 30.5. The van der Waals surface area contributed by atoms with Crippen molar-refractivity contribution in [3.05, 3.63) is 81.0 Å². The molecule has 1 atom stereocenters. The average molecular weight is 426 g/mol. The molecular weight excluding hydrogens is 405 g/mol. The van der Waals surface area contributed by atoms with Crippen LogP contribution in [0.1, 0.15) is 43.2 Å². The molecule has 2 N–H and O–H groups in total. The van der Waals surface area contributed by atoms with Crippen LogP contribution >= 0.6 is 11.6 Å². The summed E-state index contributed by atoms with van der Waals surface area (Å²) in [6.07, 6.45) is 3.31. The molecule has 0 bridgehead atoms. The summed E-state index contributed by atoms with van der Waals surface area (Å²) in [5.74, 6) is -1.56. The fourth-order valence-corrected chi connectivity index (χ4v) is 4.42. The highest BCUT2D eigenvalue weighted by atomic mass is 35.5. The Morgan fingerprint density at radius 3 is 2.77 bits per heavy atom. The second-order valence-electron chi connectivity index (χ2n) is 7.52. The SMILES string of the molecule is CC1=C(C(=O)Nc2ncccc2C)C(c2c(F)cccc2Cl)C2=C(CCCC2=O)N1. The Balaban J connectivity index is 1.86. The standard InChI is InChI=1S/C23H21ClFN3O2/c1-12-6-5-11-26-22(12)28-23(30)18-13(2)27-16-9-4-10-17(29)20(16)21(18)19-14(24)7-3-8-15(19)25/h3,5-8,11,21,27H,4,9-10H2,1-2H3,(H,26,28,30). The number of ketones is 1. The summed E-state index contributed by atoms with van der Waals surface area (Å²) in [7, 11) is 0. The molecule has 2 heterocycles. The Morgan fingerprint density at radius 2 is 2.03 bits per heavy atom. The molecule has 154 valence electrons. The van der Waals surface area contributed by atoms with Crippen LogP contribution in [0.2, 0.25) is 5.02 Å². The summed E-state index contributed by atoms with van der Waals surface area (Å²) in [6, 6.07) is 7.98. The lowest BCUT2D eigenvalue weighted by Crippen LogP contribution is -2.36. The van der Waals surface area contributed by atoms with Gasteiger partial charge in [0.25, 0.3) is 5.91 Å². The lowest BCUT2D eigenvalue weighted by Gasteiger charge is -2.35. The molecule has 4 rings (SSSR count).